The number of thiophene rings is 2. The fourth-order valence-electron chi connectivity index (χ4n) is 11.2. The number of aliphatic hydroxyl groups excluding tert-OH is 2. The van der Waals surface area contributed by atoms with Gasteiger partial charge in [0.25, 0.3) is 0 Å². The molecule has 656 valence electrons. The number of benzene rings is 8. The van der Waals surface area contributed by atoms with Gasteiger partial charge >= 0.3 is 39.3 Å². The molecule has 0 unspecified atom stereocenters. The Morgan fingerprint density at radius 2 is 0.773 bits per heavy atom. The van der Waals surface area contributed by atoms with E-state index in [4.69, 9.17) is 10.2 Å². The van der Waals surface area contributed by atoms with Crippen LogP contribution in [0, 0.1) is 38.1 Å². The number of aryl methyl sites for hydroxylation is 2. The standard InChI is InChI=1S/C16H11N2.C13H8NS.2C13H13P.C11H8N.C10H8N2.C9H9N4.C9H6NS.2C5H8O2.2Ir.Os.Pt.Ru/c1-3-7-13(8-4-1)15-16(18-12-11-17-15)14-9-5-2-6-10-14;1-2-7-12-10(5-1)9-13(15-12)11-6-3-4-8-14-11;2*1-14(12-8-4-2-5-9-12)13-10-6-3-7-11-13;1-2-6-10(7-3-1)11-8-4-5-9-12-11;1-3-7-11-9(5-1)10-6-2-4-8-12-10;1-6-3-4-10-8(5-6)9-11-7(2)12-13-9;1-2-6-10-8(4-1)9-5-3-7-11-9;2*1-4(6)3-5(2)7;;;;;/h1-9,11-12H;1-8H;2*2-11H,1H3;1-6,8-9H;1-8H;3-5H,1-2H3;1-4,6-7H;2*3,6H,1-2H3;;;;;/q2*-1;;;-1;;2*-1;;;;;+1;;+1/p+2. The topological polar surface area (TPSA) is 218 Å². The zero-order chi connectivity index (χ0) is 86.9. The van der Waals surface area contributed by atoms with Gasteiger partial charge in [0.2, 0.25) is 0 Å². The quantitative estimate of drug-likeness (QED) is 0.0361. The van der Waals surface area contributed by atoms with Gasteiger partial charge in [0, 0.05) is 140 Å². The molecule has 4 radical (unpaired) electrons. The van der Waals surface area contributed by atoms with Crippen molar-refractivity contribution in [2.24, 2.45) is 0 Å². The van der Waals surface area contributed by atoms with Crippen LogP contribution in [0.2, 0.25) is 0 Å². The second-order valence-corrected chi connectivity index (χ2v) is 33.4. The number of carbonyl (C=O) groups is 2. The van der Waals surface area contributed by atoms with Gasteiger partial charge in [0.05, 0.1) is 84.7 Å². The van der Waals surface area contributed by atoms with Crippen LogP contribution >= 0.6 is 38.5 Å². The minimum absolute atomic E-state index is 0. The first-order chi connectivity index (χ1) is 60.0. The van der Waals surface area contributed by atoms with Gasteiger partial charge in [-0.1, -0.05) is 169 Å². The third-order valence-electron chi connectivity index (χ3n) is 16.9. The number of nitrogens with zero attached hydrogens (tertiary/aromatic N) is 11. The van der Waals surface area contributed by atoms with Gasteiger partial charge in [0.15, 0.2) is 11.6 Å². The number of pyridine rings is 6. The number of fused-ring (bicyclic) bond motifs is 1. The molecule has 0 spiro atoms. The van der Waals surface area contributed by atoms with Crippen molar-refractivity contribution in [1.29, 1.82) is 0 Å². The molecule has 8 aromatic carbocycles. The first kappa shape index (κ1) is 109. The second kappa shape index (κ2) is 63.1. The number of aromatic nitrogens is 11. The van der Waals surface area contributed by atoms with E-state index in [1.54, 1.807) is 66.1 Å². The summed E-state index contributed by atoms with van der Waals surface area (Å²) in [5, 5.41) is 33.5. The molecule has 10 heterocycles. The molecular formula is C104H94Ir2N11O4OsP2PtRuS2-. The van der Waals surface area contributed by atoms with Gasteiger partial charge in [-0.15, -0.1) is 101 Å². The maximum absolute atomic E-state index is 10.0. The number of allylic oxidation sites excluding steroid dienone is 4. The molecule has 10 aromatic heterocycles. The molecule has 0 aliphatic rings. The summed E-state index contributed by atoms with van der Waals surface area (Å²) in [6.45, 7) is 14.2. The molecule has 18 aromatic rings. The largest absolute Gasteiger partial charge is 1.00 e. The van der Waals surface area contributed by atoms with Crippen molar-refractivity contribution in [3.05, 3.63) is 448 Å². The van der Waals surface area contributed by atoms with Gasteiger partial charge in [-0.2, -0.15) is 12.1 Å². The monoisotopic (exact) mass is 2560 g/mol. The fraction of sp³-hybridized carbons (Fsp3) is 0.0769. The van der Waals surface area contributed by atoms with E-state index in [2.05, 4.69) is 232 Å². The molecule has 0 amide bonds. The van der Waals surface area contributed by atoms with E-state index in [1.165, 1.54) is 71.2 Å². The number of rotatable bonds is 13. The van der Waals surface area contributed by atoms with Crippen LogP contribution in [0.4, 0.5) is 0 Å². The third-order valence-corrected chi connectivity index (χ3v) is 23.6. The van der Waals surface area contributed by atoms with Crippen LogP contribution in [0.1, 0.15) is 39.1 Å². The molecule has 2 N–H and O–H groups in total. The van der Waals surface area contributed by atoms with Crippen LogP contribution in [-0.4, -0.2) is 85.1 Å². The summed E-state index contributed by atoms with van der Waals surface area (Å²) in [6, 6.07) is 125. The zero-order valence-electron chi connectivity index (χ0n) is 71.2. The molecular weight excluding hydrogens is 2460 g/mol. The van der Waals surface area contributed by atoms with E-state index < -0.39 is 15.8 Å². The molecule has 0 fully saturated rings. The van der Waals surface area contributed by atoms with Crippen molar-refractivity contribution in [1.82, 2.24) is 55.1 Å². The summed E-state index contributed by atoms with van der Waals surface area (Å²) in [4.78, 5) is 60.5. The average molecular weight is 2560 g/mol. The molecule has 0 aliphatic heterocycles. The minimum atomic E-state index is -0.545. The molecule has 24 heteroatoms. The van der Waals surface area contributed by atoms with Gasteiger partial charge in [-0.25, -0.2) is 22.7 Å². The second-order valence-electron chi connectivity index (χ2n) is 26.6. The SMILES string of the molecule is CC(=O)C=C(C)O.CC(=O)C=C(C)O.C[PH+](c1ccccc1)c1ccccc1.C[PH+](c1ccccc1)c1ccccc1.Cc1ccnc(-c2nc(C)n[n-]2)c1.[Ir].[Ir].[Os+].[Pt].[Ru+].[c-]1c(-c2ccccn2)sc2ccccc12.[c-]1ccccc1-c1ccccn1.[c-]1ccccc1-c1nccnc1-c1ccccc1.[c-]1ccsc1-c1ccccn1.c1ccc(-c2ccccn2)nc1. The number of aliphatic hydroxyl groups is 2. The number of carbonyl (C=O) groups excluding carboxylic acids is 2. The Morgan fingerprint density at radius 3 is 1.14 bits per heavy atom. The Balaban J connectivity index is 0.000000299. The molecule has 0 saturated heterocycles. The summed E-state index contributed by atoms with van der Waals surface area (Å²) in [5.41, 5.74) is 11.5. The van der Waals surface area contributed by atoms with Gasteiger partial charge in [0.1, 0.15) is 0 Å². The maximum Gasteiger partial charge on any atom is 1.00 e. The molecule has 0 atom stereocenters. The first-order valence-electron chi connectivity index (χ1n) is 39.2. The fourth-order valence-corrected chi connectivity index (χ4v) is 16.2. The maximum atomic E-state index is 10.0. The van der Waals surface area contributed by atoms with Crippen LogP contribution in [-0.2, 0) is 110 Å². The van der Waals surface area contributed by atoms with Gasteiger partial charge in [-0.3, -0.25) is 34.6 Å². The van der Waals surface area contributed by atoms with E-state index in [0.29, 0.717) is 11.6 Å². The molecule has 128 heavy (non-hydrogen) atoms. The molecule has 18 rings (SSSR count). The Labute approximate surface area is 829 Å². The third kappa shape index (κ3) is 40.2. The smallest absolute Gasteiger partial charge is 0.512 e. The zero-order valence-corrected chi connectivity index (χ0v) is 86.2. The van der Waals surface area contributed by atoms with Crippen molar-refractivity contribution in [2.45, 2.75) is 41.5 Å². The molecule has 0 saturated carbocycles. The number of hydrogen-bond acceptors (Lipinski definition) is 16. The summed E-state index contributed by atoms with van der Waals surface area (Å²) in [5.74, 6) is 1.15. The normalized spacial score (nSPS) is 9.92. The van der Waals surface area contributed by atoms with Crippen LogP contribution < -0.4 is 26.3 Å². The van der Waals surface area contributed by atoms with E-state index in [0.717, 1.165) is 77.6 Å². The summed E-state index contributed by atoms with van der Waals surface area (Å²) >= 11 is 3.39. The van der Waals surface area contributed by atoms with E-state index in [-0.39, 0.29) is 124 Å². The predicted octanol–water partition coefficient (Wildman–Crippen LogP) is 22.8. The number of hydrogen-bond donors (Lipinski definition) is 2. The van der Waals surface area contributed by atoms with E-state index in [9.17, 15) is 9.59 Å². The Hall–Kier alpha value is -10.9. The summed E-state index contributed by atoms with van der Waals surface area (Å²) in [7, 11) is -1.09. The van der Waals surface area contributed by atoms with Crippen molar-refractivity contribution < 1.29 is 120 Å². The molecule has 0 aliphatic carbocycles. The first-order valence-corrected chi connectivity index (χ1v) is 44.9. The van der Waals surface area contributed by atoms with Crippen molar-refractivity contribution >= 4 is 81.4 Å². The van der Waals surface area contributed by atoms with Crippen LogP contribution in [0.25, 0.3) is 87.9 Å². The predicted molar refractivity (Wildman–Crippen MR) is 513 cm³/mol. The van der Waals surface area contributed by atoms with Crippen molar-refractivity contribution in [3.63, 3.8) is 0 Å². The van der Waals surface area contributed by atoms with E-state index in [1.807, 2.05) is 220 Å². The average Bonchev–Trinajstić information content (AvgIpc) is 1.26. The summed E-state index contributed by atoms with van der Waals surface area (Å²) in [6.07, 6.45) is 16.4. The van der Waals surface area contributed by atoms with Crippen LogP contribution in [0.3, 0.4) is 0 Å². The van der Waals surface area contributed by atoms with Gasteiger partial charge < -0.3 is 40.2 Å². The molecule has 0 bridgehead atoms. The molecule has 15 nitrogen and oxygen atoms in total. The van der Waals surface area contributed by atoms with Crippen LogP contribution in [0.5, 0.6) is 0 Å². The Bertz CT molecular complexity index is 5630. The van der Waals surface area contributed by atoms with Crippen LogP contribution in [0.15, 0.2) is 412 Å². The summed E-state index contributed by atoms with van der Waals surface area (Å²) < 4.78 is 1.26. The van der Waals surface area contributed by atoms with Crippen molar-refractivity contribution in [2.75, 3.05) is 13.3 Å². The Kier molecular flexibility index (Phi) is 53.9. The van der Waals surface area contributed by atoms with Gasteiger partial charge in [-0.05, 0) is 183 Å². The number of ketones is 2. The van der Waals surface area contributed by atoms with E-state index >= 15 is 0 Å². The minimum Gasteiger partial charge on any atom is -0.512 e. The van der Waals surface area contributed by atoms with Crippen molar-refractivity contribution in [3.8, 4) is 77.8 Å². The Morgan fingerprint density at radius 1 is 0.391 bits per heavy atom.